The van der Waals surface area contributed by atoms with Gasteiger partial charge in [-0.1, -0.05) is 12.1 Å². The van der Waals surface area contributed by atoms with E-state index >= 15 is 0 Å². The summed E-state index contributed by atoms with van der Waals surface area (Å²) >= 11 is 1.90. The van der Waals surface area contributed by atoms with Crippen LogP contribution in [0.1, 0.15) is 53.1 Å². The van der Waals surface area contributed by atoms with Crippen LogP contribution in [-0.2, 0) is 18.3 Å². The van der Waals surface area contributed by atoms with Gasteiger partial charge in [0.05, 0.1) is 0 Å². The van der Waals surface area contributed by atoms with Gasteiger partial charge in [0.1, 0.15) is 5.75 Å². The third-order valence-corrected chi connectivity index (χ3v) is 12.0. The number of thiophene rings is 1. The summed E-state index contributed by atoms with van der Waals surface area (Å²) in [6, 6.07) is 14.0. The van der Waals surface area contributed by atoms with E-state index in [1.807, 2.05) is 17.4 Å². The average molecular weight is 513 g/mol. The lowest BCUT2D eigenvalue weighted by molar-refractivity contribution is -0.0904. The number of anilines is 1. The van der Waals surface area contributed by atoms with Gasteiger partial charge >= 0.3 is 0 Å². The fourth-order valence-corrected chi connectivity index (χ4v) is 10.8. The van der Waals surface area contributed by atoms with Gasteiger partial charge in [-0.2, -0.15) is 0 Å². The van der Waals surface area contributed by atoms with Crippen LogP contribution in [0.15, 0.2) is 41.8 Å². The van der Waals surface area contributed by atoms with Crippen molar-refractivity contribution in [1.29, 1.82) is 0 Å². The van der Waals surface area contributed by atoms with Gasteiger partial charge in [-0.25, -0.2) is 9.97 Å². The van der Waals surface area contributed by atoms with Crippen molar-refractivity contribution in [1.82, 2.24) is 14.9 Å². The van der Waals surface area contributed by atoms with Crippen LogP contribution in [0.25, 0.3) is 0 Å². The molecule has 4 fully saturated rings. The summed E-state index contributed by atoms with van der Waals surface area (Å²) in [5.74, 6) is 2.67. The van der Waals surface area contributed by atoms with Gasteiger partial charge in [0.2, 0.25) is 5.95 Å². The molecular weight excluding hydrogens is 476 g/mol. The minimum absolute atomic E-state index is 0.157. The Bertz CT molecular complexity index is 1350. The van der Waals surface area contributed by atoms with Gasteiger partial charge in [-0.05, 0) is 117 Å². The van der Waals surface area contributed by atoms with Crippen molar-refractivity contribution < 1.29 is 5.11 Å². The minimum Gasteiger partial charge on any atom is -0.508 e. The van der Waals surface area contributed by atoms with Crippen LogP contribution < -0.4 is 4.90 Å². The summed E-state index contributed by atoms with van der Waals surface area (Å²) in [5, 5.41) is 12.9. The normalized spacial score (nSPS) is 35.5. The zero-order valence-electron chi connectivity index (χ0n) is 21.9. The molecule has 5 unspecified atom stereocenters. The fourth-order valence-electron chi connectivity index (χ4n) is 10.1. The van der Waals surface area contributed by atoms with Crippen molar-refractivity contribution in [3.05, 3.63) is 69.2 Å². The molecule has 1 aromatic carbocycles. The first-order valence-corrected chi connectivity index (χ1v) is 15.0. The van der Waals surface area contributed by atoms with Crippen LogP contribution in [0, 0.1) is 31.1 Å². The molecule has 2 saturated heterocycles. The highest BCUT2D eigenvalue weighted by Gasteiger charge is 2.76. The Morgan fingerprint density at radius 1 is 1.11 bits per heavy atom. The van der Waals surface area contributed by atoms with E-state index in [1.165, 1.54) is 48.2 Å². The van der Waals surface area contributed by atoms with Gasteiger partial charge in [0.25, 0.3) is 0 Å². The molecule has 192 valence electrons. The van der Waals surface area contributed by atoms with E-state index in [0.29, 0.717) is 35.1 Å². The molecule has 0 radical (unpaired) electrons. The second-order valence-corrected chi connectivity index (χ2v) is 13.5. The molecule has 4 heterocycles. The first kappa shape index (κ1) is 22.5. The van der Waals surface area contributed by atoms with Crippen LogP contribution in [-0.4, -0.2) is 51.7 Å². The first-order valence-electron chi connectivity index (χ1n) is 14.2. The van der Waals surface area contributed by atoms with Crippen molar-refractivity contribution in [2.45, 2.75) is 69.9 Å². The number of hydrogen-bond donors (Lipinski definition) is 1. The number of phenolic OH excluding ortho intramolecular Hbond substituents is 1. The zero-order valence-corrected chi connectivity index (χ0v) is 22.7. The fraction of sp³-hybridized carbons (Fsp3) is 0.548. The monoisotopic (exact) mass is 512 g/mol. The number of fused-ring (bicyclic) bond motifs is 1. The third-order valence-electron chi connectivity index (χ3n) is 11.0. The van der Waals surface area contributed by atoms with Crippen molar-refractivity contribution in [2.75, 3.05) is 24.5 Å². The van der Waals surface area contributed by atoms with E-state index < -0.39 is 0 Å². The van der Waals surface area contributed by atoms with Gasteiger partial charge in [-0.3, -0.25) is 4.90 Å². The van der Waals surface area contributed by atoms with E-state index in [9.17, 15) is 5.11 Å². The highest BCUT2D eigenvalue weighted by Crippen LogP contribution is 2.75. The lowest BCUT2D eigenvalue weighted by Gasteiger charge is -2.66. The van der Waals surface area contributed by atoms with Gasteiger partial charge in [-0.15, -0.1) is 11.3 Å². The SMILES string of the molecule is Cc1cc(C)nc(N2C[C@H]3CC45CCC2C3C42CCN(CCc3cccs3)C5Cc3ccc(O)cc32)n1. The highest BCUT2D eigenvalue weighted by atomic mass is 32.1. The number of piperidine rings is 1. The van der Waals surface area contributed by atoms with Crippen LogP contribution in [0.4, 0.5) is 5.95 Å². The quantitative estimate of drug-likeness (QED) is 0.516. The van der Waals surface area contributed by atoms with E-state index in [1.54, 1.807) is 0 Å². The Morgan fingerprint density at radius 2 is 1.97 bits per heavy atom. The summed E-state index contributed by atoms with van der Waals surface area (Å²) in [4.78, 5) is 16.8. The summed E-state index contributed by atoms with van der Waals surface area (Å²) in [6.07, 6.45) is 7.33. The van der Waals surface area contributed by atoms with Gasteiger partial charge in [0.15, 0.2) is 0 Å². The molecule has 8 rings (SSSR count). The number of benzene rings is 1. The number of rotatable bonds is 4. The predicted molar refractivity (Wildman–Crippen MR) is 147 cm³/mol. The van der Waals surface area contributed by atoms with Crippen molar-refractivity contribution in [3.63, 3.8) is 0 Å². The number of aromatic hydroxyl groups is 1. The molecule has 0 spiro atoms. The van der Waals surface area contributed by atoms with E-state index in [-0.39, 0.29) is 5.41 Å². The Balaban J connectivity index is 1.22. The Kier molecular flexibility index (Phi) is 4.75. The molecule has 3 aliphatic carbocycles. The van der Waals surface area contributed by atoms with Crippen molar-refractivity contribution in [3.8, 4) is 5.75 Å². The van der Waals surface area contributed by atoms with Crippen molar-refractivity contribution >= 4 is 17.3 Å². The molecule has 3 aromatic rings. The number of hydrogen-bond acceptors (Lipinski definition) is 6. The number of likely N-dealkylation sites (tertiary alicyclic amines) is 1. The smallest absolute Gasteiger partial charge is 0.226 e. The van der Waals surface area contributed by atoms with E-state index in [0.717, 1.165) is 43.3 Å². The lowest BCUT2D eigenvalue weighted by atomic mass is 9.43. The highest BCUT2D eigenvalue weighted by molar-refractivity contribution is 7.09. The molecular formula is C31H36N4OS. The van der Waals surface area contributed by atoms with Gasteiger partial charge < -0.3 is 10.0 Å². The molecule has 37 heavy (non-hydrogen) atoms. The number of nitrogens with zero attached hydrogens (tertiary/aromatic N) is 4. The molecule has 6 heteroatoms. The van der Waals surface area contributed by atoms with Crippen LogP contribution >= 0.6 is 11.3 Å². The number of aromatic nitrogens is 2. The minimum atomic E-state index is 0.157. The van der Waals surface area contributed by atoms with E-state index in [2.05, 4.69) is 59.4 Å². The maximum atomic E-state index is 10.7. The molecule has 1 N–H and O–H groups in total. The molecule has 2 saturated carbocycles. The Labute approximate surface area is 223 Å². The summed E-state index contributed by atoms with van der Waals surface area (Å²) in [5.41, 5.74) is 5.58. The Hall–Kier alpha value is -2.44. The average Bonchev–Trinajstić information content (AvgIpc) is 3.54. The maximum absolute atomic E-state index is 10.7. The molecule has 2 aromatic heterocycles. The van der Waals surface area contributed by atoms with E-state index in [4.69, 9.17) is 9.97 Å². The topological polar surface area (TPSA) is 52.5 Å². The molecule has 4 bridgehead atoms. The molecule has 0 amide bonds. The van der Waals surface area contributed by atoms with Crippen LogP contribution in [0.5, 0.6) is 5.75 Å². The summed E-state index contributed by atoms with van der Waals surface area (Å²) in [7, 11) is 0. The standard InChI is InChI=1S/C31H36N4OS/c1-19-14-20(2)33-29(32-19)35-18-22-17-30-9-7-26(35)28(22)31(30)10-12-34(11-8-24-4-3-13-37-24)27(30)15-21-5-6-23(36)16-25(21)31/h3-6,13-14,16,22,26-28,36H,7-12,15,17-18H2,1-2H3/t22-,26?,27?,28?,30?,31?/m1/s1. The maximum Gasteiger partial charge on any atom is 0.226 e. The zero-order chi connectivity index (χ0) is 24.9. The molecule has 5 aliphatic rings. The Morgan fingerprint density at radius 3 is 2.78 bits per heavy atom. The number of aryl methyl sites for hydroxylation is 2. The molecule has 5 nitrogen and oxygen atoms in total. The first-order chi connectivity index (χ1) is 18.0. The molecule has 6 atom stereocenters. The lowest BCUT2D eigenvalue weighted by Crippen LogP contribution is -2.69. The van der Waals surface area contributed by atoms with Crippen LogP contribution in [0.3, 0.4) is 0 Å². The number of phenols is 1. The van der Waals surface area contributed by atoms with Crippen LogP contribution in [0.2, 0.25) is 0 Å². The molecule has 2 aliphatic heterocycles. The summed E-state index contributed by atoms with van der Waals surface area (Å²) in [6.45, 7) is 7.60. The summed E-state index contributed by atoms with van der Waals surface area (Å²) < 4.78 is 0. The second-order valence-electron chi connectivity index (χ2n) is 12.5. The van der Waals surface area contributed by atoms with Crippen molar-refractivity contribution in [2.24, 2.45) is 17.3 Å². The largest absolute Gasteiger partial charge is 0.508 e. The predicted octanol–water partition coefficient (Wildman–Crippen LogP) is 5.28. The second kappa shape index (κ2) is 7.79. The van der Waals surface area contributed by atoms with Gasteiger partial charge in [0, 0.05) is 46.9 Å². The third kappa shape index (κ3) is 2.94.